The Bertz CT molecular complexity index is 696. The van der Waals surface area contributed by atoms with Gasteiger partial charge in [0, 0.05) is 18.8 Å². The van der Waals surface area contributed by atoms with Crippen LogP contribution in [0.2, 0.25) is 0 Å². The predicted molar refractivity (Wildman–Crippen MR) is 73.0 cm³/mol. The average Bonchev–Trinajstić information content (AvgIpc) is 2.42. The van der Waals surface area contributed by atoms with Crippen molar-refractivity contribution in [2.24, 2.45) is 7.05 Å². The third kappa shape index (κ3) is 2.50. The summed E-state index contributed by atoms with van der Waals surface area (Å²) in [5, 5.41) is 9.16. The lowest BCUT2D eigenvalue weighted by Crippen LogP contribution is -2.19. The summed E-state index contributed by atoms with van der Waals surface area (Å²) in [5.41, 5.74) is 1.30. The fourth-order valence-corrected chi connectivity index (χ4v) is 1.90. The second-order valence-electron chi connectivity index (χ2n) is 4.09. The molecule has 96 valence electrons. The number of rotatable bonds is 3. The molecule has 2 aromatic rings. The molecule has 1 aromatic carbocycles. The Morgan fingerprint density at radius 3 is 2.84 bits per heavy atom. The number of pyridine rings is 1. The molecule has 0 aliphatic heterocycles. The fourth-order valence-electron chi connectivity index (χ4n) is 1.90. The van der Waals surface area contributed by atoms with Crippen molar-refractivity contribution in [3.05, 3.63) is 52.4 Å². The summed E-state index contributed by atoms with van der Waals surface area (Å²) in [5.74, 6) is 0.726. The van der Waals surface area contributed by atoms with Crippen molar-refractivity contribution in [3.63, 3.8) is 0 Å². The number of hydrogen-bond acceptors (Lipinski definition) is 3. The van der Waals surface area contributed by atoms with Gasteiger partial charge in [0.1, 0.15) is 17.4 Å². The Labute approximate surface area is 111 Å². The van der Waals surface area contributed by atoms with E-state index >= 15 is 0 Å². The highest BCUT2D eigenvalue weighted by Crippen LogP contribution is 2.25. The van der Waals surface area contributed by atoms with Gasteiger partial charge in [-0.3, -0.25) is 4.79 Å². The standard InChI is InChI=1S/C15H14N2O2/c1-3-19-12-6-4-5-11(9-12)13-7-8-17(2)15(18)14(13)10-16/h4-9H,3H2,1-2H3. The number of aryl methyl sites for hydroxylation is 1. The molecule has 0 aliphatic rings. The molecule has 0 saturated heterocycles. The van der Waals surface area contributed by atoms with Gasteiger partial charge in [-0.1, -0.05) is 12.1 Å². The second kappa shape index (κ2) is 5.40. The van der Waals surface area contributed by atoms with Crippen molar-refractivity contribution < 1.29 is 4.74 Å². The van der Waals surface area contributed by atoms with Gasteiger partial charge >= 0.3 is 0 Å². The van der Waals surface area contributed by atoms with E-state index in [1.54, 1.807) is 19.3 Å². The molecule has 4 nitrogen and oxygen atoms in total. The van der Waals surface area contributed by atoms with Gasteiger partial charge in [-0.15, -0.1) is 0 Å². The maximum absolute atomic E-state index is 11.9. The molecule has 0 aliphatic carbocycles. The summed E-state index contributed by atoms with van der Waals surface area (Å²) in [6.07, 6.45) is 1.66. The van der Waals surface area contributed by atoms with Crippen LogP contribution in [0.1, 0.15) is 12.5 Å². The first-order valence-electron chi connectivity index (χ1n) is 6.00. The minimum absolute atomic E-state index is 0.152. The lowest BCUT2D eigenvalue weighted by Gasteiger charge is -2.08. The summed E-state index contributed by atoms with van der Waals surface area (Å²) < 4.78 is 6.83. The summed E-state index contributed by atoms with van der Waals surface area (Å²) >= 11 is 0. The van der Waals surface area contributed by atoms with Crippen LogP contribution >= 0.6 is 0 Å². The van der Waals surface area contributed by atoms with E-state index in [1.807, 2.05) is 37.3 Å². The largest absolute Gasteiger partial charge is 0.494 e. The Balaban J connectivity index is 2.60. The lowest BCUT2D eigenvalue weighted by atomic mass is 10.0. The molecule has 19 heavy (non-hydrogen) atoms. The predicted octanol–water partition coefficient (Wildman–Crippen LogP) is 2.32. The smallest absolute Gasteiger partial charge is 0.268 e. The first-order chi connectivity index (χ1) is 9.17. The molecular formula is C15H14N2O2. The van der Waals surface area contributed by atoms with Crippen LogP contribution in [0.15, 0.2) is 41.3 Å². The monoisotopic (exact) mass is 254 g/mol. The Hall–Kier alpha value is -2.54. The lowest BCUT2D eigenvalue weighted by molar-refractivity contribution is 0.340. The Kier molecular flexibility index (Phi) is 3.67. The minimum atomic E-state index is -0.290. The van der Waals surface area contributed by atoms with E-state index in [-0.39, 0.29) is 11.1 Å². The van der Waals surface area contributed by atoms with Crippen molar-refractivity contribution in [3.8, 4) is 22.9 Å². The zero-order chi connectivity index (χ0) is 13.8. The highest BCUT2D eigenvalue weighted by atomic mass is 16.5. The van der Waals surface area contributed by atoms with E-state index in [4.69, 9.17) is 10.00 Å². The van der Waals surface area contributed by atoms with Crippen molar-refractivity contribution in [2.75, 3.05) is 6.61 Å². The first kappa shape index (κ1) is 12.9. The zero-order valence-electron chi connectivity index (χ0n) is 10.9. The number of nitriles is 1. The van der Waals surface area contributed by atoms with Gasteiger partial charge in [-0.05, 0) is 30.7 Å². The summed E-state index contributed by atoms with van der Waals surface area (Å²) in [7, 11) is 1.63. The summed E-state index contributed by atoms with van der Waals surface area (Å²) in [6, 6.07) is 11.1. The van der Waals surface area contributed by atoms with E-state index < -0.39 is 0 Å². The molecule has 1 aromatic heterocycles. The van der Waals surface area contributed by atoms with Crippen molar-refractivity contribution in [2.45, 2.75) is 6.92 Å². The molecule has 4 heteroatoms. The molecule has 0 amide bonds. The van der Waals surface area contributed by atoms with Crippen LogP contribution in [0.5, 0.6) is 5.75 Å². The molecule has 2 rings (SSSR count). The van der Waals surface area contributed by atoms with E-state index in [1.165, 1.54) is 4.57 Å². The highest BCUT2D eigenvalue weighted by molar-refractivity contribution is 5.70. The third-order valence-electron chi connectivity index (χ3n) is 2.84. The minimum Gasteiger partial charge on any atom is -0.494 e. The highest BCUT2D eigenvalue weighted by Gasteiger charge is 2.10. The normalized spacial score (nSPS) is 9.95. The van der Waals surface area contributed by atoms with Crippen LogP contribution in [0.4, 0.5) is 0 Å². The summed E-state index contributed by atoms with van der Waals surface area (Å²) in [6.45, 7) is 2.48. The zero-order valence-corrected chi connectivity index (χ0v) is 10.9. The molecule has 0 N–H and O–H groups in total. The number of hydrogen-bond donors (Lipinski definition) is 0. The van der Waals surface area contributed by atoms with E-state index in [9.17, 15) is 4.79 Å². The fraction of sp³-hybridized carbons (Fsp3) is 0.200. The van der Waals surface area contributed by atoms with Gasteiger partial charge in [-0.25, -0.2) is 0 Å². The molecule has 0 saturated carbocycles. The average molecular weight is 254 g/mol. The van der Waals surface area contributed by atoms with E-state index in [0.29, 0.717) is 12.2 Å². The van der Waals surface area contributed by atoms with Gasteiger partial charge in [-0.2, -0.15) is 5.26 Å². The van der Waals surface area contributed by atoms with Crippen LogP contribution in [-0.2, 0) is 7.05 Å². The Morgan fingerprint density at radius 1 is 1.37 bits per heavy atom. The van der Waals surface area contributed by atoms with Crippen LogP contribution < -0.4 is 10.3 Å². The second-order valence-corrected chi connectivity index (χ2v) is 4.09. The summed E-state index contributed by atoms with van der Waals surface area (Å²) in [4.78, 5) is 11.9. The van der Waals surface area contributed by atoms with Gasteiger partial charge in [0.25, 0.3) is 5.56 Å². The maximum atomic E-state index is 11.9. The van der Waals surface area contributed by atoms with Gasteiger partial charge in [0.2, 0.25) is 0 Å². The van der Waals surface area contributed by atoms with Crippen LogP contribution in [-0.4, -0.2) is 11.2 Å². The quantitative estimate of drug-likeness (QED) is 0.844. The molecule has 1 heterocycles. The number of ether oxygens (including phenoxy) is 1. The maximum Gasteiger partial charge on any atom is 0.268 e. The number of aromatic nitrogens is 1. The van der Waals surface area contributed by atoms with Crippen molar-refractivity contribution in [1.82, 2.24) is 4.57 Å². The topological polar surface area (TPSA) is 55.0 Å². The first-order valence-corrected chi connectivity index (χ1v) is 6.00. The molecular weight excluding hydrogens is 240 g/mol. The molecule has 0 bridgehead atoms. The molecule has 0 atom stereocenters. The molecule has 0 unspecified atom stereocenters. The van der Waals surface area contributed by atoms with E-state index in [0.717, 1.165) is 11.3 Å². The van der Waals surface area contributed by atoms with Crippen LogP contribution in [0.3, 0.4) is 0 Å². The van der Waals surface area contributed by atoms with Crippen LogP contribution in [0.25, 0.3) is 11.1 Å². The van der Waals surface area contributed by atoms with Gasteiger partial charge in [0.05, 0.1) is 6.61 Å². The molecule has 0 fully saturated rings. The Morgan fingerprint density at radius 2 is 2.16 bits per heavy atom. The van der Waals surface area contributed by atoms with Crippen molar-refractivity contribution in [1.29, 1.82) is 5.26 Å². The van der Waals surface area contributed by atoms with Crippen molar-refractivity contribution >= 4 is 0 Å². The van der Waals surface area contributed by atoms with Gasteiger partial charge in [0.15, 0.2) is 0 Å². The number of benzene rings is 1. The van der Waals surface area contributed by atoms with Gasteiger partial charge < -0.3 is 9.30 Å². The van der Waals surface area contributed by atoms with Crippen LogP contribution in [0, 0.1) is 11.3 Å². The molecule has 0 radical (unpaired) electrons. The number of nitrogens with zero attached hydrogens (tertiary/aromatic N) is 2. The van der Waals surface area contributed by atoms with E-state index in [2.05, 4.69) is 0 Å². The third-order valence-corrected chi connectivity index (χ3v) is 2.84. The SMILES string of the molecule is CCOc1cccc(-c2ccn(C)c(=O)c2C#N)c1. The molecule has 0 spiro atoms.